The molecule has 0 aliphatic heterocycles. The largest absolute Gasteiger partial charge is 0.399 e. The van der Waals surface area contributed by atoms with Crippen molar-refractivity contribution in [3.05, 3.63) is 47.5 Å². The van der Waals surface area contributed by atoms with Gasteiger partial charge in [0, 0.05) is 30.7 Å². The molecule has 2 N–H and O–H groups in total. The van der Waals surface area contributed by atoms with Crippen LogP contribution in [0.2, 0.25) is 0 Å². The summed E-state index contributed by atoms with van der Waals surface area (Å²) in [7, 11) is 1.88. The molecule has 0 spiro atoms. The van der Waals surface area contributed by atoms with Gasteiger partial charge in [0.15, 0.2) is 5.78 Å². The number of hydrogen-bond acceptors (Lipinski definition) is 3. The number of nitrogens with two attached hydrogens (primary N) is 1. The molecule has 0 bridgehead atoms. The molecule has 88 valence electrons. The highest BCUT2D eigenvalue weighted by molar-refractivity contribution is 5.97. The Hall–Kier alpha value is -2.10. The highest BCUT2D eigenvalue weighted by atomic mass is 16.1. The summed E-state index contributed by atoms with van der Waals surface area (Å²) in [6.45, 7) is 1.90. The molecule has 2 aromatic rings. The van der Waals surface area contributed by atoms with Crippen molar-refractivity contribution < 1.29 is 4.79 Å². The molecule has 1 aromatic heterocycles. The fourth-order valence-electron chi connectivity index (χ4n) is 1.66. The van der Waals surface area contributed by atoms with Gasteiger partial charge in [-0.2, -0.15) is 0 Å². The van der Waals surface area contributed by atoms with Crippen molar-refractivity contribution in [2.24, 2.45) is 7.05 Å². The smallest absolute Gasteiger partial charge is 0.170 e. The second-order valence-corrected chi connectivity index (χ2v) is 4.13. The second-order valence-electron chi connectivity index (χ2n) is 4.13. The van der Waals surface area contributed by atoms with Crippen LogP contribution in [0.1, 0.15) is 21.7 Å². The number of carbonyl (C=O) groups is 1. The SMILES string of the molecule is Cc1cc(C(=O)Cc2nccn2C)ccc1N. The molecular formula is C13H15N3O. The molecular weight excluding hydrogens is 214 g/mol. The molecule has 17 heavy (non-hydrogen) atoms. The van der Waals surface area contributed by atoms with Gasteiger partial charge in [-0.05, 0) is 30.7 Å². The van der Waals surface area contributed by atoms with Gasteiger partial charge >= 0.3 is 0 Å². The average molecular weight is 229 g/mol. The van der Waals surface area contributed by atoms with Crippen LogP contribution in [0.4, 0.5) is 5.69 Å². The average Bonchev–Trinajstić information content (AvgIpc) is 2.68. The number of rotatable bonds is 3. The van der Waals surface area contributed by atoms with Gasteiger partial charge in [0.1, 0.15) is 5.82 Å². The molecule has 0 unspecified atom stereocenters. The van der Waals surface area contributed by atoms with Crippen LogP contribution in [-0.4, -0.2) is 15.3 Å². The van der Waals surface area contributed by atoms with Crippen LogP contribution in [0, 0.1) is 6.92 Å². The Morgan fingerprint density at radius 2 is 2.24 bits per heavy atom. The summed E-state index contributed by atoms with van der Waals surface area (Å²) in [5.41, 5.74) is 8.04. The van der Waals surface area contributed by atoms with E-state index < -0.39 is 0 Å². The Bertz CT molecular complexity index is 558. The van der Waals surface area contributed by atoms with Crippen LogP contribution in [0.3, 0.4) is 0 Å². The van der Waals surface area contributed by atoms with Crippen LogP contribution in [0.15, 0.2) is 30.6 Å². The molecule has 4 heteroatoms. The number of benzene rings is 1. The standard InChI is InChI=1S/C13H15N3O/c1-9-7-10(3-4-11(9)14)12(17)8-13-15-5-6-16(13)2/h3-7H,8,14H2,1-2H3. The molecule has 0 radical (unpaired) electrons. The first kappa shape index (κ1) is 11.4. The van der Waals surface area contributed by atoms with E-state index in [1.165, 1.54) is 0 Å². The van der Waals surface area contributed by atoms with E-state index in [1.807, 2.05) is 30.8 Å². The maximum Gasteiger partial charge on any atom is 0.170 e. The van der Waals surface area contributed by atoms with E-state index >= 15 is 0 Å². The zero-order valence-corrected chi connectivity index (χ0v) is 9.97. The minimum absolute atomic E-state index is 0.0578. The van der Waals surface area contributed by atoms with Gasteiger partial charge in [-0.25, -0.2) is 4.98 Å². The Morgan fingerprint density at radius 1 is 1.47 bits per heavy atom. The molecule has 0 saturated heterocycles. The first-order valence-corrected chi connectivity index (χ1v) is 5.43. The van der Waals surface area contributed by atoms with Crippen LogP contribution in [0.25, 0.3) is 0 Å². The maximum atomic E-state index is 12.0. The van der Waals surface area contributed by atoms with Gasteiger partial charge in [0.05, 0.1) is 6.42 Å². The number of imidazole rings is 1. The number of anilines is 1. The van der Waals surface area contributed by atoms with Crippen LogP contribution in [-0.2, 0) is 13.5 Å². The summed E-state index contributed by atoms with van der Waals surface area (Å²) >= 11 is 0. The van der Waals surface area contributed by atoms with Gasteiger partial charge in [-0.3, -0.25) is 4.79 Å². The minimum Gasteiger partial charge on any atom is -0.399 e. The van der Waals surface area contributed by atoms with Crippen molar-refractivity contribution >= 4 is 11.5 Å². The third kappa shape index (κ3) is 2.36. The fraction of sp³-hybridized carbons (Fsp3) is 0.231. The molecule has 1 heterocycles. The summed E-state index contributed by atoms with van der Waals surface area (Å²) in [6, 6.07) is 5.34. The van der Waals surface area contributed by atoms with Crippen molar-refractivity contribution in [2.45, 2.75) is 13.3 Å². The molecule has 0 aliphatic carbocycles. The van der Waals surface area contributed by atoms with Gasteiger partial charge in [0.25, 0.3) is 0 Å². The Balaban J connectivity index is 2.20. The monoisotopic (exact) mass is 229 g/mol. The lowest BCUT2D eigenvalue weighted by atomic mass is 10.0. The molecule has 0 aliphatic rings. The molecule has 0 saturated carbocycles. The lowest BCUT2D eigenvalue weighted by molar-refractivity contribution is 0.0990. The van der Waals surface area contributed by atoms with Crippen molar-refractivity contribution in [3.63, 3.8) is 0 Å². The van der Waals surface area contributed by atoms with Gasteiger partial charge in [-0.1, -0.05) is 0 Å². The van der Waals surface area contributed by atoms with Crippen molar-refractivity contribution in [1.82, 2.24) is 9.55 Å². The lowest BCUT2D eigenvalue weighted by Gasteiger charge is -2.04. The third-order valence-electron chi connectivity index (χ3n) is 2.83. The lowest BCUT2D eigenvalue weighted by Crippen LogP contribution is -2.08. The minimum atomic E-state index is 0.0578. The first-order chi connectivity index (χ1) is 8.08. The number of aromatic nitrogens is 2. The summed E-state index contributed by atoms with van der Waals surface area (Å²) < 4.78 is 1.85. The van der Waals surface area contributed by atoms with Crippen LogP contribution < -0.4 is 5.73 Å². The molecule has 2 rings (SSSR count). The maximum absolute atomic E-state index is 12.0. The van der Waals surface area contributed by atoms with Crippen LogP contribution in [0.5, 0.6) is 0 Å². The van der Waals surface area contributed by atoms with E-state index in [2.05, 4.69) is 4.98 Å². The number of aryl methyl sites for hydroxylation is 2. The normalized spacial score (nSPS) is 10.5. The molecule has 4 nitrogen and oxygen atoms in total. The Labute approximate surface area is 100 Å². The second kappa shape index (κ2) is 4.41. The van der Waals surface area contributed by atoms with Crippen molar-refractivity contribution in [2.75, 3.05) is 5.73 Å². The van der Waals surface area contributed by atoms with E-state index in [4.69, 9.17) is 5.73 Å². The number of ketones is 1. The quantitative estimate of drug-likeness (QED) is 0.644. The topological polar surface area (TPSA) is 60.9 Å². The molecule has 1 aromatic carbocycles. The number of nitrogens with zero attached hydrogens (tertiary/aromatic N) is 2. The van der Waals surface area contributed by atoms with Gasteiger partial charge < -0.3 is 10.3 Å². The summed E-state index contributed by atoms with van der Waals surface area (Å²) in [6.07, 6.45) is 3.83. The van der Waals surface area contributed by atoms with Crippen LogP contribution >= 0.6 is 0 Å². The summed E-state index contributed by atoms with van der Waals surface area (Å²) in [5.74, 6) is 0.826. The Morgan fingerprint density at radius 3 is 2.82 bits per heavy atom. The van der Waals surface area contributed by atoms with E-state index in [0.717, 1.165) is 11.4 Å². The highest BCUT2D eigenvalue weighted by Gasteiger charge is 2.10. The van der Waals surface area contributed by atoms with E-state index in [1.54, 1.807) is 18.3 Å². The molecule has 0 fully saturated rings. The summed E-state index contributed by atoms with van der Waals surface area (Å²) in [4.78, 5) is 16.2. The number of carbonyl (C=O) groups excluding carboxylic acids is 1. The van der Waals surface area contributed by atoms with E-state index in [9.17, 15) is 4.79 Å². The summed E-state index contributed by atoms with van der Waals surface area (Å²) in [5, 5.41) is 0. The first-order valence-electron chi connectivity index (χ1n) is 5.43. The molecule has 0 amide bonds. The predicted molar refractivity (Wildman–Crippen MR) is 66.8 cm³/mol. The number of Topliss-reactive ketones (excluding diaryl/α,β-unsaturated/α-hetero) is 1. The van der Waals surface area contributed by atoms with Gasteiger partial charge in [-0.15, -0.1) is 0 Å². The number of nitrogen functional groups attached to an aromatic ring is 1. The van der Waals surface area contributed by atoms with E-state index in [0.29, 0.717) is 17.7 Å². The molecule has 0 atom stereocenters. The van der Waals surface area contributed by atoms with Crippen molar-refractivity contribution in [1.29, 1.82) is 0 Å². The zero-order valence-electron chi connectivity index (χ0n) is 9.97. The zero-order chi connectivity index (χ0) is 12.4. The fourth-order valence-corrected chi connectivity index (χ4v) is 1.66. The third-order valence-corrected chi connectivity index (χ3v) is 2.83. The highest BCUT2D eigenvalue weighted by Crippen LogP contribution is 2.14. The predicted octanol–water partition coefficient (Wildman–Crippen LogP) is 1.74. The number of hydrogen-bond donors (Lipinski definition) is 1. The van der Waals surface area contributed by atoms with E-state index in [-0.39, 0.29) is 5.78 Å². The van der Waals surface area contributed by atoms with Crippen molar-refractivity contribution in [3.8, 4) is 0 Å². The van der Waals surface area contributed by atoms with Gasteiger partial charge in [0.2, 0.25) is 0 Å². The Kier molecular flexibility index (Phi) is 2.95.